The summed E-state index contributed by atoms with van der Waals surface area (Å²) in [5.74, 6) is 0.373. The lowest BCUT2D eigenvalue weighted by molar-refractivity contribution is -0.131. The summed E-state index contributed by atoms with van der Waals surface area (Å²) < 4.78 is 0. The molecule has 1 aliphatic heterocycles. The van der Waals surface area contributed by atoms with Gasteiger partial charge in [-0.3, -0.25) is 4.79 Å². The van der Waals surface area contributed by atoms with E-state index in [4.69, 9.17) is 0 Å². The zero-order chi connectivity index (χ0) is 13.9. The van der Waals surface area contributed by atoms with Gasteiger partial charge >= 0.3 is 0 Å². The van der Waals surface area contributed by atoms with E-state index >= 15 is 0 Å². The highest BCUT2D eigenvalue weighted by molar-refractivity contribution is 5.76. The van der Waals surface area contributed by atoms with Gasteiger partial charge in [0, 0.05) is 25.6 Å². The first-order chi connectivity index (χ1) is 9.27. The molecule has 1 saturated heterocycles. The van der Waals surface area contributed by atoms with Crippen LogP contribution >= 0.6 is 0 Å². The topological polar surface area (TPSA) is 32.3 Å². The fraction of sp³-hybridized carbons (Fsp3) is 0.938. The lowest BCUT2D eigenvalue weighted by Crippen LogP contribution is -2.41. The van der Waals surface area contributed by atoms with Crippen molar-refractivity contribution in [2.45, 2.75) is 77.7 Å². The summed E-state index contributed by atoms with van der Waals surface area (Å²) in [5, 5.41) is 3.50. The highest BCUT2D eigenvalue weighted by Crippen LogP contribution is 2.11. The number of unbranched alkanes of at least 4 members (excludes halogenated alkanes) is 4. The molecule has 1 aliphatic rings. The number of carbonyl (C=O) groups is 1. The van der Waals surface area contributed by atoms with Crippen molar-refractivity contribution in [2.75, 3.05) is 19.6 Å². The maximum atomic E-state index is 12.3. The number of amides is 1. The first kappa shape index (κ1) is 16.5. The van der Waals surface area contributed by atoms with Crippen LogP contribution in [0.2, 0.25) is 0 Å². The summed E-state index contributed by atoms with van der Waals surface area (Å²) in [7, 11) is 0. The second-order valence-corrected chi connectivity index (χ2v) is 5.80. The normalized spacial score (nSPS) is 18.7. The average molecular weight is 268 g/mol. The molecule has 0 radical (unpaired) electrons. The Bertz CT molecular complexity index is 237. The molecule has 1 heterocycles. The van der Waals surface area contributed by atoms with Crippen LogP contribution in [-0.4, -0.2) is 36.5 Å². The molecule has 112 valence electrons. The van der Waals surface area contributed by atoms with E-state index in [1.165, 1.54) is 32.1 Å². The van der Waals surface area contributed by atoms with Crippen LogP contribution in [0.25, 0.3) is 0 Å². The van der Waals surface area contributed by atoms with Gasteiger partial charge in [0.2, 0.25) is 5.91 Å². The third-order valence-corrected chi connectivity index (χ3v) is 3.98. The van der Waals surface area contributed by atoms with Crippen LogP contribution in [0.15, 0.2) is 0 Å². The summed E-state index contributed by atoms with van der Waals surface area (Å²) in [5.41, 5.74) is 0. The van der Waals surface area contributed by atoms with E-state index < -0.39 is 0 Å². The smallest absolute Gasteiger partial charge is 0.222 e. The number of nitrogens with one attached hydrogen (secondary N) is 1. The van der Waals surface area contributed by atoms with Crippen molar-refractivity contribution in [3.8, 4) is 0 Å². The fourth-order valence-corrected chi connectivity index (χ4v) is 2.71. The highest BCUT2D eigenvalue weighted by atomic mass is 16.2. The van der Waals surface area contributed by atoms with Gasteiger partial charge in [0.15, 0.2) is 0 Å². The number of rotatable bonds is 10. The van der Waals surface area contributed by atoms with Crippen molar-refractivity contribution in [1.82, 2.24) is 10.2 Å². The van der Waals surface area contributed by atoms with Gasteiger partial charge < -0.3 is 10.2 Å². The summed E-state index contributed by atoms with van der Waals surface area (Å²) in [6.07, 6.45) is 10.3. The zero-order valence-electron chi connectivity index (χ0n) is 12.9. The number of hydrogen-bond acceptors (Lipinski definition) is 2. The van der Waals surface area contributed by atoms with Crippen molar-refractivity contribution >= 4 is 5.91 Å². The quantitative estimate of drug-likeness (QED) is 0.616. The summed E-state index contributed by atoms with van der Waals surface area (Å²) >= 11 is 0. The SMILES string of the molecule is CCCCCCC(=O)N(CCCC)CC1CCCN1. The molecule has 0 spiro atoms. The summed E-state index contributed by atoms with van der Waals surface area (Å²) in [4.78, 5) is 14.4. The maximum absolute atomic E-state index is 12.3. The molecule has 1 N–H and O–H groups in total. The Morgan fingerprint density at radius 2 is 1.95 bits per heavy atom. The molecule has 0 bridgehead atoms. The van der Waals surface area contributed by atoms with Gasteiger partial charge in [-0.2, -0.15) is 0 Å². The minimum atomic E-state index is 0.373. The molecule has 3 heteroatoms. The van der Waals surface area contributed by atoms with Crippen LogP contribution in [0.5, 0.6) is 0 Å². The van der Waals surface area contributed by atoms with Crippen LogP contribution in [0, 0.1) is 0 Å². The molecule has 1 amide bonds. The van der Waals surface area contributed by atoms with E-state index in [1.54, 1.807) is 0 Å². The van der Waals surface area contributed by atoms with E-state index in [2.05, 4.69) is 24.1 Å². The van der Waals surface area contributed by atoms with Gasteiger partial charge in [-0.15, -0.1) is 0 Å². The second kappa shape index (κ2) is 10.2. The molecule has 1 unspecified atom stereocenters. The molecule has 0 aliphatic carbocycles. The Morgan fingerprint density at radius 3 is 2.58 bits per heavy atom. The zero-order valence-corrected chi connectivity index (χ0v) is 12.9. The first-order valence-electron chi connectivity index (χ1n) is 8.29. The molecule has 0 aromatic rings. The Labute approximate surface area is 119 Å². The Balaban J connectivity index is 2.30. The van der Waals surface area contributed by atoms with Gasteiger partial charge in [-0.25, -0.2) is 0 Å². The molecule has 0 aromatic heterocycles. The fourth-order valence-electron chi connectivity index (χ4n) is 2.71. The summed E-state index contributed by atoms with van der Waals surface area (Å²) in [6.45, 7) is 7.39. The van der Waals surface area contributed by atoms with E-state index in [0.29, 0.717) is 11.9 Å². The largest absolute Gasteiger partial charge is 0.341 e. The van der Waals surface area contributed by atoms with Gasteiger partial charge in [-0.05, 0) is 32.2 Å². The van der Waals surface area contributed by atoms with E-state index in [1.807, 2.05) is 0 Å². The van der Waals surface area contributed by atoms with Gasteiger partial charge in [0.1, 0.15) is 0 Å². The third-order valence-electron chi connectivity index (χ3n) is 3.98. The Hall–Kier alpha value is -0.570. The lowest BCUT2D eigenvalue weighted by Gasteiger charge is -2.26. The van der Waals surface area contributed by atoms with E-state index in [-0.39, 0.29) is 0 Å². The minimum Gasteiger partial charge on any atom is -0.341 e. The Morgan fingerprint density at radius 1 is 1.16 bits per heavy atom. The van der Waals surface area contributed by atoms with Gasteiger partial charge in [-0.1, -0.05) is 39.5 Å². The molecule has 0 saturated carbocycles. The molecule has 1 fully saturated rings. The Kier molecular flexibility index (Phi) is 8.89. The van der Waals surface area contributed by atoms with Gasteiger partial charge in [0.25, 0.3) is 0 Å². The van der Waals surface area contributed by atoms with E-state index in [9.17, 15) is 4.79 Å². The number of nitrogens with zero attached hydrogens (tertiary/aromatic N) is 1. The van der Waals surface area contributed by atoms with Crippen LogP contribution in [0.3, 0.4) is 0 Å². The van der Waals surface area contributed by atoms with Crippen molar-refractivity contribution in [3.63, 3.8) is 0 Å². The molecule has 19 heavy (non-hydrogen) atoms. The number of carbonyl (C=O) groups excluding carboxylic acids is 1. The highest BCUT2D eigenvalue weighted by Gasteiger charge is 2.20. The average Bonchev–Trinajstić information content (AvgIpc) is 2.92. The molecule has 1 atom stereocenters. The second-order valence-electron chi connectivity index (χ2n) is 5.80. The molecule has 0 aromatic carbocycles. The predicted molar refractivity (Wildman–Crippen MR) is 81.3 cm³/mol. The van der Waals surface area contributed by atoms with Crippen molar-refractivity contribution in [2.24, 2.45) is 0 Å². The molecular formula is C16H32N2O. The maximum Gasteiger partial charge on any atom is 0.222 e. The predicted octanol–water partition coefficient (Wildman–Crippen LogP) is 3.34. The van der Waals surface area contributed by atoms with Crippen molar-refractivity contribution in [1.29, 1.82) is 0 Å². The van der Waals surface area contributed by atoms with Crippen LogP contribution < -0.4 is 5.32 Å². The summed E-state index contributed by atoms with van der Waals surface area (Å²) in [6, 6.07) is 0.538. The van der Waals surface area contributed by atoms with Crippen LogP contribution in [-0.2, 0) is 4.79 Å². The van der Waals surface area contributed by atoms with Crippen molar-refractivity contribution in [3.05, 3.63) is 0 Å². The molecule has 1 rings (SSSR count). The van der Waals surface area contributed by atoms with Gasteiger partial charge in [0.05, 0.1) is 0 Å². The van der Waals surface area contributed by atoms with Crippen LogP contribution in [0.4, 0.5) is 0 Å². The third kappa shape index (κ3) is 6.95. The monoisotopic (exact) mass is 268 g/mol. The van der Waals surface area contributed by atoms with Crippen LogP contribution in [0.1, 0.15) is 71.6 Å². The van der Waals surface area contributed by atoms with Crippen molar-refractivity contribution < 1.29 is 4.79 Å². The lowest BCUT2D eigenvalue weighted by atomic mass is 10.1. The standard InChI is InChI=1S/C16H32N2O/c1-3-5-7-8-11-16(19)18(13-6-4-2)14-15-10-9-12-17-15/h15,17H,3-14H2,1-2H3. The number of hydrogen-bond donors (Lipinski definition) is 1. The minimum absolute atomic E-state index is 0.373. The molecular weight excluding hydrogens is 236 g/mol. The van der Waals surface area contributed by atoms with E-state index in [0.717, 1.165) is 45.3 Å². The first-order valence-corrected chi connectivity index (χ1v) is 8.29. The molecule has 3 nitrogen and oxygen atoms in total.